The van der Waals surface area contributed by atoms with Crippen molar-refractivity contribution in [3.63, 3.8) is 0 Å². The van der Waals surface area contributed by atoms with Gasteiger partial charge in [0.2, 0.25) is 0 Å². The quantitative estimate of drug-likeness (QED) is 0.848. The molecule has 1 aromatic rings. The first-order chi connectivity index (χ1) is 12.0. The van der Waals surface area contributed by atoms with E-state index in [2.05, 4.69) is 16.3 Å². The third-order valence-corrected chi connectivity index (χ3v) is 6.57. The van der Waals surface area contributed by atoms with Crippen LogP contribution in [0.25, 0.3) is 0 Å². The van der Waals surface area contributed by atoms with Crippen molar-refractivity contribution in [1.82, 2.24) is 15.1 Å². The number of sulfone groups is 1. The number of carbonyl (C=O) groups is 1. The molecule has 1 N–H and O–H groups in total. The minimum Gasteiger partial charge on any atom is -0.496 e. The van der Waals surface area contributed by atoms with E-state index in [1.807, 2.05) is 18.2 Å². The van der Waals surface area contributed by atoms with Crippen LogP contribution in [0.15, 0.2) is 24.3 Å². The summed E-state index contributed by atoms with van der Waals surface area (Å²) < 4.78 is 28.4. The van der Waals surface area contributed by atoms with Crippen LogP contribution in [0.3, 0.4) is 0 Å². The minimum absolute atomic E-state index is 0.0620. The van der Waals surface area contributed by atoms with Gasteiger partial charge in [0.05, 0.1) is 18.6 Å². The maximum absolute atomic E-state index is 12.3. The number of methoxy groups -OCH3 is 1. The molecule has 3 rings (SSSR count). The fourth-order valence-electron chi connectivity index (χ4n) is 3.36. The van der Waals surface area contributed by atoms with Crippen LogP contribution in [-0.2, 0) is 16.4 Å². The average molecular weight is 367 g/mol. The Kier molecular flexibility index (Phi) is 5.48. The zero-order valence-corrected chi connectivity index (χ0v) is 15.3. The molecular formula is C17H25N3O4S. The molecular weight excluding hydrogens is 342 g/mol. The van der Waals surface area contributed by atoms with Gasteiger partial charge in [-0.3, -0.25) is 4.90 Å². The first-order valence-electron chi connectivity index (χ1n) is 8.57. The van der Waals surface area contributed by atoms with Crippen molar-refractivity contribution in [2.24, 2.45) is 0 Å². The molecule has 2 aliphatic heterocycles. The van der Waals surface area contributed by atoms with Crippen molar-refractivity contribution in [2.75, 3.05) is 44.8 Å². The highest BCUT2D eigenvalue weighted by molar-refractivity contribution is 7.91. The zero-order valence-electron chi connectivity index (χ0n) is 14.5. The highest BCUT2D eigenvalue weighted by atomic mass is 32.2. The Hall–Kier alpha value is -1.80. The van der Waals surface area contributed by atoms with Crippen molar-refractivity contribution < 1.29 is 17.9 Å². The molecule has 1 aromatic carbocycles. The number of nitrogens with zero attached hydrogens (tertiary/aromatic N) is 2. The van der Waals surface area contributed by atoms with Gasteiger partial charge in [0.25, 0.3) is 0 Å². The molecule has 0 spiro atoms. The summed E-state index contributed by atoms with van der Waals surface area (Å²) in [6.45, 7) is 3.64. The van der Waals surface area contributed by atoms with Crippen LogP contribution in [0, 0.1) is 0 Å². The molecule has 2 aliphatic rings. The van der Waals surface area contributed by atoms with Gasteiger partial charge in [-0.1, -0.05) is 18.2 Å². The van der Waals surface area contributed by atoms with Crippen molar-refractivity contribution in [1.29, 1.82) is 0 Å². The second-order valence-electron chi connectivity index (χ2n) is 6.62. The first-order valence-corrected chi connectivity index (χ1v) is 10.4. The Morgan fingerprint density at radius 1 is 1.24 bits per heavy atom. The summed E-state index contributed by atoms with van der Waals surface area (Å²) in [6, 6.07) is 7.56. The molecule has 1 atom stereocenters. The summed E-state index contributed by atoms with van der Waals surface area (Å²) in [4.78, 5) is 16.4. The number of hydrogen-bond donors (Lipinski definition) is 1. The van der Waals surface area contributed by atoms with Gasteiger partial charge in [0.15, 0.2) is 9.84 Å². The minimum atomic E-state index is -2.98. The number of urea groups is 1. The lowest BCUT2D eigenvalue weighted by molar-refractivity contribution is 0.133. The normalized spacial score (nSPS) is 23.4. The number of amides is 2. The Labute approximate surface area is 148 Å². The van der Waals surface area contributed by atoms with Gasteiger partial charge in [-0.2, -0.15) is 0 Å². The molecule has 1 unspecified atom stereocenters. The molecule has 0 bridgehead atoms. The van der Waals surface area contributed by atoms with E-state index in [1.54, 1.807) is 12.0 Å². The van der Waals surface area contributed by atoms with E-state index in [4.69, 9.17) is 4.74 Å². The van der Waals surface area contributed by atoms with E-state index in [1.165, 1.54) is 0 Å². The van der Waals surface area contributed by atoms with Crippen LogP contribution in [0.5, 0.6) is 5.75 Å². The van der Waals surface area contributed by atoms with Crippen molar-refractivity contribution >= 4 is 15.9 Å². The molecule has 2 fully saturated rings. The molecule has 0 saturated carbocycles. The molecule has 2 saturated heterocycles. The molecule has 2 amide bonds. The Morgan fingerprint density at radius 3 is 2.60 bits per heavy atom. The number of carbonyl (C=O) groups excluding carboxylic acids is 1. The molecule has 0 aromatic heterocycles. The molecule has 25 heavy (non-hydrogen) atoms. The van der Waals surface area contributed by atoms with Crippen LogP contribution in [0.1, 0.15) is 12.0 Å². The first kappa shape index (κ1) is 18.0. The number of piperazine rings is 1. The lowest BCUT2D eigenvalue weighted by Crippen LogP contribution is -2.53. The Balaban J connectivity index is 1.47. The number of ether oxygens (including phenoxy) is 1. The van der Waals surface area contributed by atoms with E-state index in [-0.39, 0.29) is 23.6 Å². The fourth-order valence-corrected chi connectivity index (χ4v) is 5.03. The maximum Gasteiger partial charge on any atom is 0.317 e. The standard InChI is InChI=1S/C17H25N3O4S/c1-24-16-5-3-2-4-14(16)12-19-7-9-20(10-8-19)17(21)18-15-6-11-25(22,23)13-15/h2-5,15H,6-13H2,1H3,(H,18,21). The number of benzene rings is 1. The molecule has 8 heteroatoms. The largest absolute Gasteiger partial charge is 0.496 e. The Morgan fingerprint density at radius 2 is 1.96 bits per heavy atom. The summed E-state index contributed by atoms with van der Waals surface area (Å²) in [5.41, 5.74) is 1.14. The molecule has 7 nitrogen and oxygen atoms in total. The van der Waals surface area contributed by atoms with Gasteiger partial charge in [0, 0.05) is 44.3 Å². The van der Waals surface area contributed by atoms with Crippen LogP contribution < -0.4 is 10.1 Å². The predicted molar refractivity (Wildman–Crippen MR) is 95.4 cm³/mol. The molecule has 138 valence electrons. The van der Waals surface area contributed by atoms with E-state index in [0.29, 0.717) is 19.5 Å². The smallest absolute Gasteiger partial charge is 0.317 e. The molecule has 2 heterocycles. The second kappa shape index (κ2) is 7.61. The highest BCUT2D eigenvalue weighted by Gasteiger charge is 2.31. The number of rotatable bonds is 4. The van der Waals surface area contributed by atoms with Gasteiger partial charge in [-0.05, 0) is 12.5 Å². The maximum atomic E-state index is 12.3. The van der Waals surface area contributed by atoms with Gasteiger partial charge in [0.1, 0.15) is 5.75 Å². The SMILES string of the molecule is COc1ccccc1CN1CCN(C(=O)NC2CCS(=O)(=O)C2)CC1. The van der Waals surface area contributed by atoms with Gasteiger partial charge < -0.3 is 15.0 Å². The van der Waals surface area contributed by atoms with E-state index in [9.17, 15) is 13.2 Å². The topological polar surface area (TPSA) is 79.0 Å². The van der Waals surface area contributed by atoms with E-state index >= 15 is 0 Å². The summed E-state index contributed by atoms with van der Waals surface area (Å²) in [5, 5.41) is 2.86. The summed E-state index contributed by atoms with van der Waals surface area (Å²) >= 11 is 0. The van der Waals surface area contributed by atoms with Crippen molar-refractivity contribution in [2.45, 2.75) is 19.0 Å². The second-order valence-corrected chi connectivity index (χ2v) is 8.85. The lowest BCUT2D eigenvalue weighted by atomic mass is 10.1. The van der Waals surface area contributed by atoms with Crippen LogP contribution in [0.4, 0.5) is 4.79 Å². The number of para-hydroxylation sites is 1. The summed E-state index contributed by atoms with van der Waals surface area (Å²) in [7, 11) is -1.30. The van der Waals surface area contributed by atoms with Gasteiger partial charge in [-0.15, -0.1) is 0 Å². The van der Waals surface area contributed by atoms with E-state index in [0.717, 1.165) is 30.9 Å². The third kappa shape index (κ3) is 4.64. The van der Waals surface area contributed by atoms with E-state index < -0.39 is 9.84 Å². The van der Waals surface area contributed by atoms with Crippen molar-refractivity contribution in [3.05, 3.63) is 29.8 Å². The van der Waals surface area contributed by atoms with Crippen molar-refractivity contribution in [3.8, 4) is 5.75 Å². The zero-order chi connectivity index (χ0) is 17.9. The average Bonchev–Trinajstić information content (AvgIpc) is 2.94. The predicted octanol–water partition coefficient (Wildman–Crippen LogP) is 0.710. The summed E-state index contributed by atoms with van der Waals surface area (Å²) in [5.74, 6) is 1.11. The number of nitrogens with one attached hydrogen (secondary N) is 1. The van der Waals surface area contributed by atoms with Gasteiger partial charge >= 0.3 is 6.03 Å². The van der Waals surface area contributed by atoms with Gasteiger partial charge in [-0.25, -0.2) is 13.2 Å². The number of hydrogen-bond acceptors (Lipinski definition) is 5. The highest BCUT2D eigenvalue weighted by Crippen LogP contribution is 2.20. The molecule has 0 aliphatic carbocycles. The third-order valence-electron chi connectivity index (χ3n) is 4.81. The lowest BCUT2D eigenvalue weighted by Gasteiger charge is -2.35. The molecule has 0 radical (unpaired) electrons. The monoisotopic (exact) mass is 367 g/mol. The summed E-state index contributed by atoms with van der Waals surface area (Å²) in [6.07, 6.45) is 0.516. The van der Waals surface area contributed by atoms with Crippen LogP contribution in [-0.4, -0.2) is 75.1 Å². The van der Waals surface area contributed by atoms with Crippen LogP contribution in [0.2, 0.25) is 0 Å². The Bertz CT molecular complexity index is 714. The van der Waals surface area contributed by atoms with Crippen LogP contribution >= 0.6 is 0 Å². The fraction of sp³-hybridized carbons (Fsp3) is 0.588.